The van der Waals surface area contributed by atoms with Gasteiger partial charge in [0.15, 0.2) is 0 Å². The van der Waals surface area contributed by atoms with Crippen molar-refractivity contribution in [3.63, 3.8) is 0 Å². The molecule has 0 saturated carbocycles. The summed E-state index contributed by atoms with van der Waals surface area (Å²) >= 11 is 6.10. The van der Waals surface area contributed by atoms with E-state index in [9.17, 15) is 13.6 Å². The highest BCUT2D eigenvalue weighted by molar-refractivity contribution is 6.31. The Morgan fingerprint density at radius 3 is 2.77 bits per heavy atom. The van der Waals surface area contributed by atoms with E-state index in [1.165, 1.54) is 18.2 Å². The second-order valence-electron chi connectivity index (χ2n) is 5.58. The van der Waals surface area contributed by atoms with Crippen molar-refractivity contribution >= 4 is 17.6 Å². The van der Waals surface area contributed by atoms with Crippen LogP contribution in [0.15, 0.2) is 18.2 Å². The summed E-state index contributed by atoms with van der Waals surface area (Å²) in [6, 6.07) is 4.03. The monoisotopic (exact) mass is 333 g/mol. The van der Waals surface area contributed by atoms with Gasteiger partial charge in [0.25, 0.3) is 0 Å². The number of benzene rings is 1. The molecule has 0 aliphatic heterocycles. The van der Waals surface area contributed by atoms with Crippen molar-refractivity contribution in [3.8, 4) is 0 Å². The van der Waals surface area contributed by atoms with Gasteiger partial charge in [-0.15, -0.1) is 0 Å². The molecule has 1 rings (SSSR count). The van der Waals surface area contributed by atoms with E-state index in [0.29, 0.717) is 23.4 Å². The maximum atomic E-state index is 13.4. The third-order valence-electron chi connectivity index (χ3n) is 3.69. The van der Waals surface area contributed by atoms with E-state index in [2.05, 4.69) is 4.74 Å². The molecule has 0 heterocycles. The summed E-state index contributed by atoms with van der Waals surface area (Å²) < 4.78 is 31.4. The summed E-state index contributed by atoms with van der Waals surface area (Å²) in [6.45, 7) is 3.77. The number of hydrogen-bond acceptors (Lipinski definition) is 3. The van der Waals surface area contributed by atoms with Gasteiger partial charge in [-0.2, -0.15) is 0 Å². The fourth-order valence-electron chi connectivity index (χ4n) is 2.17. The maximum Gasteiger partial charge on any atom is 0.308 e. The lowest BCUT2D eigenvalue weighted by molar-refractivity contribution is -0.158. The summed E-state index contributed by atoms with van der Waals surface area (Å²) in [5.74, 6) is -1.05. The van der Waals surface area contributed by atoms with Crippen LogP contribution in [0.5, 0.6) is 0 Å². The molecule has 0 saturated heterocycles. The van der Waals surface area contributed by atoms with Gasteiger partial charge < -0.3 is 10.5 Å². The lowest BCUT2D eigenvalue weighted by Gasteiger charge is -2.29. The molecular formula is C16H22ClF2NO2. The molecule has 124 valence electrons. The average Bonchev–Trinajstić information content (AvgIpc) is 2.47. The standard InChI is InChI=1S/C16H22ClF2NO2/c1-3-4-14(19)22-15(21)7-8-16(2,10-20)12-9-11(18)5-6-13(12)17/h5-6,9,14H,3-4,7-8,10,20H2,1-2H3. The number of nitrogens with two attached hydrogens (primary N) is 1. The summed E-state index contributed by atoms with van der Waals surface area (Å²) in [6.07, 6.45) is -0.530. The molecule has 0 aromatic heterocycles. The van der Waals surface area contributed by atoms with Crippen LogP contribution in [0.3, 0.4) is 0 Å². The minimum absolute atomic E-state index is 0.00925. The molecule has 6 heteroatoms. The number of ether oxygens (including phenoxy) is 1. The van der Waals surface area contributed by atoms with Crippen LogP contribution in [-0.2, 0) is 14.9 Å². The molecule has 0 aliphatic rings. The van der Waals surface area contributed by atoms with E-state index >= 15 is 0 Å². The zero-order valence-corrected chi connectivity index (χ0v) is 13.6. The quantitative estimate of drug-likeness (QED) is 0.728. The van der Waals surface area contributed by atoms with Gasteiger partial charge in [-0.1, -0.05) is 25.4 Å². The van der Waals surface area contributed by atoms with Crippen molar-refractivity contribution in [2.45, 2.75) is 51.3 Å². The molecule has 3 nitrogen and oxygen atoms in total. The summed E-state index contributed by atoms with van der Waals surface area (Å²) in [7, 11) is 0. The van der Waals surface area contributed by atoms with Crippen LogP contribution in [0.1, 0.15) is 45.1 Å². The van der Waals surface area contributed by atoms with Gasteiger partial charge in [0, 0.05) is 29.8 Å². The molecule has 0 spiro atoms. The topological polar surface area (TPSA) is 52.3 Å². The van der Waals surface area contributed by atoms with Crippen LogP contribution in [-0.4, -0.2) is 18.9 Å². The van der Waals surface area contributed by atoms with E-state index in [-0.39, 0.29) is 19.4 Å². The molecule has 1 aromatic carbocycles. The third kappa shape index (κ3) is 5.21. The van der Waals surface area contributed by atoms with E-state index in [0.717, 1.165) is 0 Å². The van der Waals surface area contributed by atoms with Gasteiger partial charge in [0.1, 0.15) is 5.82 Å². The Morgan fingerprint density at radius 2 is 2.18 bits per heavy atom. The third-order valence-corrected chi connectivity index (χ3v) is 4.01. The Bertz CT molecular complexity index is 513. The van der Waals surface area contributed by atoms with Gasteiger partial charge in [-0.25, -0.2) is 8.78 Å². The molecular weight excluding hydrogens is 312 g/mol. The number of halogens is 3. The average molecular weight is 334 g/mol. The van der Waals surface area contributed by atoms with Gasteiger partial charge in [-0.3, -0.25) is 4.79 Å². The Hall–Kier alpha value is -1.20. The van der Waals surface area contributed by atoms with Crippen molar-refractivity contribution in [2.75, 3.05) is 6.54 Å². The van der Waals surface area contributed by atoms with Crippen molar-refractivity contribution in [2.24, 2.45) is 5.73 Å². The molecule has 0 bridgehead atoms. The van der Waals surface area contributed by atoms with Gasteiger partial charge in [-0.05, 0) is 36.6 Å². The fourth-order valence-corrected chi connectivity index (χ4v) is 2.52. The molecule has 2 atom stereocenters. The number of carbonyl (C=O) groups is 1. The van der Waals surface area contributed by atoms with Crippen LogP contribution < -0.4 is 5.73 Å². The molecule has 22 heavy (non-hydrogen) atoms. The zero-order chi connectivity index (χ0) is 16.8. The first-order chi connectivity index (χ1) is 10.3. The molecule has 2 N–H and O–H groups in total. The summed E-state index contributed by atoms with van der Waals surface area (Å²) in [5.41, 5.74) is 5.64. The maximum absolute atomic E-state index is 13.4. The van der Waals surface area contributed by atoms with Crippen molar-refractivity contribution in [1.82, 2.24) is 0 Å². The normalized spacial score (nSPS) is 15.2. The Balaban J connectivity index is 2.75. The van der Waals surface area contributed by atoms with E-state index in [4.69, 9.17) is 17.3 Å². The minimum atomic E-state index is -1.58. The summed E-state index contributed by atoms with van der Waals surface area (Å²) in [4.78, 5) is 11.7. The second kappa shape index (κ2) is 8.44. The van der Waals surface area contributed by atoms with E-state index < -0.39 is 23.6 Å². The first kappa shape index (κ1) is 18.8. The first-order valence-corrected chi connectivity index (χ1v) is 7.69. The van der Waals surface area contributed by atoms with Gasteiger partial charge >= 0.3 is 5.97 Å². The highest BCUT2D eigenvalue weighted by atomic mass is 35.5. The Kier molecular flexibility index (Phi) is 7.23. The summed E-state index contributed by atoms with van der Waals surface area (Å²) in [5, 5.41) is 0.386. The molecule has 0 amide bonds. The smallest absolute Gasteiger partial charge is 0.308 e. The van der Waals surface area contributed by atoms with Crippen molar-refractivity contribution < 1.29 is 18.3 Å². The number of carbonyl (C=O) groups excluding carboxylic acids is 1. The molecule has 2 unspecified atom stereocenters. The molecule has 1 aromatic rings. The van der Waals surface area contributed by atoms with Crippen LogP contribution >= 0.6 is 11.6 Å². The van der Waals surface area contributed by atoms with Crippen LogP contribution in [0, 0.1) is 5.82 Å². The van der Waals surface area contributed by atoms with Crippen molar-refractivity contribution in [1.29, 1.82) is 0 Å². The van der Waals surface area contributed by atoms with Crippen molar-refractivity contribution in [3.05, 3.63) is 34.6 Å². The Morgan fingerprint density at radius 1 is 1.50 bits per heavy atom. The number of alkyl halides is 1. The van der Waals surface area contributed by atoms with E-state index in [1.807, 2.05) is 0 Å². The van der Waals surface area contributed by atoms with Crippen LogP contribution in [0.4, 0.5) is 8.78 Å². The molecule has 0 fully saturated rings. The minimum Gasteiger partial charge on any atom is -0.431 e. The number of esters is 1. The fraction of sp³-hybridized carbons (Fsp3) is 0.562. The largest absolute Gasteiger partial charge is 0.431 e. The van der Waals surface area contributed by atoms with E-state index in [1.54, 1.807) is 13.8 Å². The number of hydrogen-bond donors (Lipinski definition) is 1. The first-order valence-electron chi connectivity index (χ1n) is 7.31. The van der Waals surface area contributed by atoms with Gasteiger partial charge in [0.2, 0.25) is 6.36 Å². The van der Waals surface area contributed by atoms with Crippen LogP contribution in [0.2, 0.25) is 5.02 Å². The van der Waals surface area contributed by atoms with Gasteiger partial charge in [0.05, 0.1) is 0 Å². The molecule has 0 radical (unpaired) electrons. The zero-order valence-electron chi connectivity index (χ0n) is 12.9. The number of rotatable bonds is 8. The second-order valence-corrected chi connectivity index (χ2v) is 5.98. The van der Waals surface area contributed by atoms with Crippen LogP contribution in [0.25, 0.3) is 0 Å². The highest BCUT2D eigenvalue weighted by Crippen LogP contribution is 2.34. The lowest BCUT2D eigenvalue weighted by atomic mass is 9.78. The lowest BCUT2D eigenvalue weighted by Crippen LogP contribution is -2.33. The Labute approximate surface area is 134 Å². The predicted molar refractivity (Wildman–Crippen MR) is 82.9 cm³/mol. The molecule has 0 aliphatic carbocycles. The SMILES string of the molecule is CCCC(F)OC(=O)CCC(C)(CN)c1cc(F)ccc1Cl. The highest BCUT2D eigenvalue weighted by Gasteiger charge is 2.29. The predicted octanol–water partition coefficient (Wildman–Crippen LogP) is 4.11.